The van der Waals surface area contributed by atoms with E-state index in [4.69, 9.17) is 27.9 Å². The Balaban J connectivity index is 1.97. The molecule has 0 aliphatic carbocycles. The van der Waals surface area contributed by atoms with Crippen LogP contribution in [0.3, 0.4) is 0 Å². The van der Waals surface area contributed by atoms with E-state index in [1.807, 2.05) is 6.07 Å². The molecule has 0 aliphatic rings. The summed E-state index contributed by atoms with van der Waals surface area (Å²) in [6, 6.07) is 12.1. The number of hydrogen-bond donors (Lipinski definition) is 1. The van der Waals surface area contributed by atoms with Crippen molar-refractivity contribution >= 4 is 34.1 Å². The molecule has 0 spiro atoms. The number of ether oxygens (including phenoxy) is 1. The quantitative estimate of drug-likeness (QED) is 0.773. The van der Waals surface area contributed by atoms with Gasteiger partial charge in [-0.1, -0.05) is 35.3 Å². The molecule has 0 amide bonds. The van der Waals surface area contributed by atoms with E-state index in [0.717, 1.165) is 0 Å². The molecule has 1 N–H and O–H groups in total. The van der Waals surface area contributed by atoms with Crippen molar-refractivity contribution in [3.63, 3.8) is 0 Å². The lowest BCUT2D eigenvalue weighted by atomic mass is 10.2. The largest absolute Gasteiger partial charge is 0.481 e. The fourth-order valence-electron chi connectivity index (χ4n) is 2.11. The van der Waals surface area contributed by atoms with Gasteiger partial charge in [0.1, 0.15) is 5.75 Å². The highest BCUT2D eigenvalue weighted by Crippen LogP contribution is 2.30. The zero-order chi connectivity index (χ0) is 15.7. The number of H-pyrrole nitrogens is 1. The van der Waals surface area contributed by atoms with E-state index in [0.29, 0.717) is 32.5 Å². The molecule has 0 radical (unpaired) electrons. The van der Waals surface area contributed by atoms with E-state index in [1.165, 1.54) is 0 Å². The summed E-state index contributed by atoms with van der Waals surface area (Å²) in [6.07, 6.45) is -0.478. The number of halogens is 2. The average molecular weight is 335 g/mol. The topological polar surface area (TPSA) is 55.0 Å². The maximum Gasteiger partial charge on any atom is 0.258 e. The Hall–Kier alpha value is -2.04. The van der Waals surface area contributed by atoms with Crippen LogP contribution in [0.15, 0.2) is 47.3 Å². The Bertz CT molecular complexity index is 893. The number of nitrogens with one attached hydrogen (secondary N) is 1. The molecule has 0 fully saturated rings. The Morgan fingerprint density at radius 1 is 1.18 bits per heavy atom. The predicted octanol–water partition coefficient (Wildman–Crippen LogP) is 4.37. The third-order valence-corrected chi connectivity index (χ3v) is 3.76. The number of para-hydroxylation sites is 1. The molecule has 1 heterocycles. The first-order chi connectivity index (χ1) is 10.5. The molecule has 1 atom stereocenters. The fraction of sp³-hybridized carbons (Fsp3) is 0.125. The van der Waals surface area contributed by atoms with Crippen LogP contribution in [0.25, 0.3) is 10.9 Å². The number of hydrogen-bond acceptors (Lipinski definition) is 3. The summed E-state index contributed by atoms with van der Waals surface area (Å²) in [5.41, 5.74) is 0.419. The van der Waals surface area contributed by atoms with E-state index in [9.17, 15) is 4.79 Å². The Kier molecular flexibility index (Phi) is 4.05. The van der Waals surface area contributed by atoms with Crippen LogP contribution in [0.1, 0.15) is 18.9 Å². The van der Waals surface area contributed by atoms with Crippen LogP contribution >= 0.6 is 23.2 Å². The molecule has 1 unspecified atom stereocenters. The molecular weight excluding hydrogens is 323 g/mol. The zero-order valence-corrected chi connectivity index (χ0v) is 13.2. The second kappa shape index (κ2) is 5.99. The van der Waals surface area contributed by atoms with Gasteiger partial charge in [0.05, 0.1) is 15.9 Å². The first-order valence-electron chi connectivity index (χ1n) is 6.65. The number of rotatable bonds is 3. The van der Waals surface area contributed by atoms with Gasteiger partial charge in [0.2, 0.25) is 0 Å². The van der Waals surface area contributed by atoms with Crippen molar-refractivity contribution in [2.24, 2.45) is 0 Å². The summed E-state index contributed by atoms with van der Waals surface area (Å²) in [6.45, 7) is 1.78. The molecule has 6 heteroatoms. The molecule has 22 heavy (non-hydrogen) atoms. The van der Waals surface area contributed by atoms with Gasteiger partial charge in [0, 0.05) is 11.1 Å². The highest BCUT2D eigenvalue weighted by molar-refractivity contribution is 6.34. The number of nitrogens with zero attached hydrogens (tertiary/aromatic N) is 1. The van der Waals surface area contributed by atoms with E-state index in [-0.39, 0.29) is 5.56 Å². The summed E-state index contributed by atoms with van der Waals surface area (Å²) in [5, 5.41) is 1.50. The van der Waals surface area contributed by atoms with Gasteiger partial charge in [-0.15, -0.1) is 0 Å². The normalized spacial score (nSPS) is 12.3. The zero-order valence-electron chi connectivity index (χ0n) is 11.6. The summed E-state index contributed by atoms with van der Waals surface area (Å²) in [5.74, 6) is 0.872. The molecular formula is C16H12Cl2N2O2. The highest BCUT2D eigenvalue weighted by atomic mass is 35.5. The molecule has 2 aromatic carbocycles. The first kappa shape index (κ1) is 14.9. The molecule has 3 aromatic rings. The Morgan fingerprint density at radius 2 is 1.95 bits per heavy atom. The SMILES string of the molecule is CC(Oc1cc(Cl)ccc1Cl)c1nc2ccccc2c(=O)[nH]1. The molecule has 0 saturated carbocycles. The Labute approximate surface area is 136 Å². The molecule has 0 saturated heterocycles. The van der Waals surface area contributed by atoms with Crippen LogP contribution in [0.4, 0.5) is 0 Å². The van der Waals surface area contributed by atoms with E-state index < -0.39 is 6.10 Å². The smallest absolute Gasteiger partial charge is 0.258 e. The fourth-order valence-corrected chi connectivity index (χ4v) is 2.44. The van der Waals surface area contributed by atoms with Crippen molar-refractivity contribution in [2.75, 3.05) is 0 Å². The van der Waals surface area contributed by atoms with Crippen LogP contribution in [0.5, 0.6) is 5.75 Å². The lowest BCUT2D eigenvalue weighted by Gasteiger charge is -2.15. The third kappa shape index (κ3) is 2.93. The van der Waals surface area contributed by atoms with Gasteiger partial charge in [0.25, 0.3) is 5.56 Å². The molecule has 1 aromatic heterocycles. The van der Waals surface area contributed by atoms with E-state index in [2.05, 4.69) is 9.97 Å². The van der Waals surface area contributed by atoms with Crippen molar-refractivity contribution < 1.29 is 4.74 Å². The summed E-state index contributed by atoms with van der Waals surface area (Å²) >= 11 is 12.0. The van der Waals surface area contributed by atoms with E-state index >= 15 is 0 Å². The van der Waals surface area contributed by atoms with Crippen LogP contribution in [0, 0.1) is 0 Å². The minimum atomic E-state index is -0.478. The van der Waals surface area contributed by atoms with Gasteiger partial charge >= 0.3 is 0 Å². The number of aromatic amines is 1. The van der Waals surface area contributed by atoms with Crippen LogP contribution in [-0.2, 0) is 0 Å². The summed E-state index contributed by atoms with van der Waals surface area (Å²) < 4.78 is 5.77. The van der Waals surface area contributed by atoms with Gasteiger partial charge < -0.3 is 9.72 Å². The van der Waals surface area contributed by atoms with Crippen LogP contribution in [0.2, 0.25) is 10.0 Å². The second-order valence-corrected chi connectivity index (χ2v) is 5.65. The maximum atomic E-state index is 12.1. The van der Waals surface area contributed by atoms with Crippen molar-refractivity contribution in [3.05, 3.63) is 68.7 Å². The predicted molar refractivity (Wildman–Crippen MR) is 87.9 cm³/mol. The van der Waals surface area contributed by atoms with Crippen molar-refractivity contribution in [3.8, 4) is 5.75 Å². The minimum Gasteiger partial charge on any atom is -0.481 e. The lowest BCUT2D eigenvalue weighted by molar-refractivity contribution is 0.217. The molecule has 0 aliphatic heterocycles. The second-order valence-electron chi connectivity index (χ2n) is 4.80. The molecule has 4 nitrogen and oxygen atoms in total. The van der Waals surface area contributed by atoms with Crippen molar-refractivity contribution in [1.29, 1.82) is 0 Å². The Morgan fingerprint density at radius 3 is 2.77 bits per heavy atom. The molecule has 3 rings (SSSR count). The third-order valence-electron chi connectivity index (χ3n) is 3.21. The lowest BCUT2D eigenvalue weighted by Crippen LogP contribution is -2.16. The van der Waals surface area contributed by atoms with Crippen LogP contribution < -0.4 is 10.3 Å². The molecule has 0 bridgehead atoms. The number of fused-ring (bicyclic) bond motifs is 1. The highest BCUT2D eigenvalue weighted by Gasteiger charge is 2.14. The minimum absolute atomic E-state index is 0.201. The number of benzene rings is 2. The summed E-state index contributed by atoms with van der Waals surface area (Å²) in [4.78, 5) is 19.2. The van der Waals surface area contributed by atoms with Crippen LogP contribution in [-0.4, -0.2) is 9.97 Å². The maximum absolute atomic E-state index is 12.1. The van der Waals surface area contributed by atoms with E-state index in [1.54, 1.807) is 43.3 Å². The first-order valence-corrected chi connectivity index (χ1v) is 7.41. The van der Waals surface area contributed by atoms with Gasteiger partial charge in [-0.2, -0.15) is 0 Å². The monoisotopic (exact) mass is 334 g/mol. The number of aromatic nitrogens is 2. The summed E-state index contributed by atoms with van der Waals surface area (Å²) in [7, 11) is 0. The van der Waals surface area contributed by atoms with Gasteiger partial charge in [-0.3, -0.25) is 4.79 Å². The van der Waals surface area contributed by atoms with Gasteiger partial charge in [0.15, 0.2) is 11.9 Å². The van der Waals surface area contributed by atoms with Crippen molar-refractivity contribution in [2.45, 2.75) is 13.0 Å². The van der Waals surface area contributed by atoms with Gasteiger partial charge in [-0.05, 0) is 31.2 Å². The molecule has 112 valence electrons. The average Bonchev–Trinajstić information content (AvgIpc) is 2.51. The van der Waals surface area contributed by atoms with Crippen molar-refractivity contribution in [1.82, 2.24) is 9.97 Å². The van der Waals surface area contributed by atoms with Gasteiger partial charge in [-0.25, -0.2) is 4.98 Å². The standard InChI is InChI=1S/C16H12Cl2N2O2/c1-9(22-14-8-10(17)6-7-12(14)18)15-19-13-5-3-2-4-11(13)16(21)20-15/h2-9H,1H3,(H,19,20,21).